The number of ether oxygens (including phenoxy) is 2. The van der Waals surface area contributed by atoms with Gasteiger partial charge in [-0.25, -0.2) is 4.98 Å². The molecule has 2 aromatic rings. The van der Waals surface area contributed by atoms with Crippen LogP contribution in [-0.4, -0.2) is 25.2 Å². The fourth-order valence-electron chi connectivity index (χ4n) is 1.70. The van der Waals surface area contributed by atoms with Crippen molar-refractivity contribution in [1.29, 1.82) is 0 Å². The maximum Gasteiger partial charge on any atom is 0.184 e. The van der Waals surface area contributed by atoms with E-state index in [4.69, 9.17) is 9.47 Å². The molecule has 0 unspecified atom stereocenters. The number of nitrogens with one attached hydrogen (secondary N) is 1. The molecule has 0 aliphatic heterocycles. The normalized spacial score (nSPS) is 10.6. The summed E-state index contributed by atoms with van der Waals surface area (Å²) in [4.78, 5) is 4.58. The fraction of sp³-hybridized carbons (Fsp3) is 0.462. The Balaban J connectivity index is 2.44. The summed E-state index contributed by atoms with van der Waals surface area (Å²) in [6.45, 7) is 5.66. The molecule has 0 saturated carbocycles. The monoisotopic (exact) mass is 266 g/mol. The van der Waals surface area contributed by atoms with E-state index in [9.17, 15) is 0 Å². The number of hydrogen-bond acceptors (Lipinski definition) is 5. The average molecular weight is 266 g/mol. The molecule has 0 amide bonds. The van der Waals surface area contributed by atoms with E-state index in [1.807, 2.05) is 19.1 Å². The van der Waals surface area contributed by atoms with Crippen molar-refractivity contribution in [2.75, 3.05) is 25.6 Å². The lowest BCUT2D eigenvalue weighted by atomic mass is 10.3. The molecule has 98 valence electrons. The highest BCUT2D eigenvalue weighted by Gasteiger charge is 2.13. The minimum absolute atomic E-state index is 0.636. The van der Waals surface area contributed by atoms with Crippen molar-refractivity contribution in [3.63, 3.8) is 0 Å². The third-order valence-corrected chi connectivity index (χ3v) is 3.54. The number of thiazole rings is 1. The lowest BCUT2D eigenvalue weighted by Crippen LogP contribution is -1.98. The molecule has 0 atom stereocenters. The fourth-order valence-corrected chi connectivity index (χ4v) is 2.70. The Kier molecular flexibility index (Phi) is 4.25. The van der Waals surface area contributed by atoms with Gasteiger partial charge in [-0.2, -0.15) is 0 Å². The molecule has 0 fully saturated rings. The van der Waals surface area contributed by atoms with Crippen LogP contribution in [0.2, 0.25) is 0 Å². The van der Waals surface area contributed by atoms with Crippen LogP contribution in [0.15, 0.2) is 12.1 Å². The van der Waals surface area contributed by atoms with E-state index in [1.54, 1.807) is 18.4 Å². The van der Waals surface area contributed by atoms with Gasteiger partial charge in [0.05, 0.1) is 13.7 Å². The molecule has 0 radical (unpaired) electrons. The summed E-state index contributed by atoms with van der Waals surface area (Å²) in [7, 11) is 1.67. The van der Waals surface area contributed by atoms with Crippen LogP contribution in [0, 0.1) is 0 Å². The molecule has 2 rings (SSSR count). The van der Waals surface area contributed by atoms with Gasteiger partial charge < -0.3 is 14.8 Å². The van der Waals surface area contributed by atoms with Crippen LogP contribution in [0.25, 0.3) is 10.2 Å². The SMILES string of the molecule is CCCNc1nc2c(OCC)ccc(OC)c2s1. The Bertz CT molecular complexity index is 525. The van der Waals surface area contributed by atoms with Gasteiger partial charge in [0, 0.05) is 6.54 Å². The Morgan fingerprint density at radius 3 is 2.72 bits per heavy atom. The second kappa shape index (κ2) is 5.91. The highest BCUT2D eigenvalue weighted by atomic mass is 32.1. The van der Waals surface area contributed by atoms with Gasteiger partial charge in [0.2, 0.25) is 0 Å². The van der Waals surface area contributed by atoms with Crippen LogP contribution in [0.5, 0.6) is 11.5 Å². The van der Waals surface area contributed by atoms with E-state index in [2.05, 4.69) is 17.2 Å². The number of nitrogens with zero attached hydrogens (tertiary/aromatic N) is 1. The Hall–Kier alpha value is -1.49. The highest BCUT2D eigenvalue weighted by molar-refractivity contribution is 7.22. The van der Waals surface area contributed by atoms with Gasteiger partial charge in [-0.3, -0.25) is 0 Å². The first-order chi connectivity index (χ1) is 8.80. The quantitative estimate of drug-likeness (QED) is 0.868. The molecule has 0 aliphatic rings. The molecule has 0 saturated heterocycles. The summed E-state index contributed by atoms with van der Waals surface area (Å²) in [6, 6.07) is 3.84. The maximum absolute atomic E-state index is 5.60. The van der Waals surface area contributed by atoms with Gasteiger partial charge in [-0.15, -0.1) is 0 Å². The van der Waals surface area contributed by atoms with Gasteiger partial charge in [-0.05, 0) is 25.5 Å². The van der Waals surface area contributed by atoms with Crippen molar-refractivity contribution in [2.45, 2.75) is 20.3 Å². The minimum atomic E-state index is 0.636. The molecule has 1 aromatic heterocycles. The van der Waals surface area contributed by atoms with Crippen molar-refractivity contribution in [3.8, 4) is 11.5 Å². The molecule has 4 nitrogen and oxygen atoms in total. The van der Waals surface area contributed by atoms with E-state index >= 15 is 0 Å². The molecule has 1 N–H and O–H groups in total. The van der Waals surface area contributed by atoms with Crippen LogP contribution in [0.3, 0.4) is 0 Å². The third-order valence-electron chi connectivity index (χ3n) is 2.52. The maximum atomic E-state index is 5.60. The van der Waals surface area contributed by atoms with Gasteiger partial charge in [0.15, 0.2) is 5.13 Å². The third kappa shape index (κ3) is 2.51. The first kappa shape index (κ1) is 13.0. The molecular formula is C13H18N2O2S. The first-order valence-corrected chi connectivity index (χ1v) is 6.96. The summed E-state index contributed by atoms with van der Waals surface area (Å²) < 4.78 is 12.0. The second-order valence-corrected chi connectivity index (χ2v) is 4.82. The number of anilines is 1. The van der Waals surface area contributed by atoms with E-state index in [0.29, 0.717) is 6.61 Å². The second-order valence-electron chi connectivity index (χ2n) is 3.82. The van der Waals surface area contributed by atoms with E-state index in [-0.39, 0.29) is 0 Å². The van der Waals surface area contributed by atoms with Crippen LogP contribution in [0.4, 0.5) is 5.13 Å². The highest BCUT2D eigenvalue weighted by Crippen LogP contribution is 2.38. The van der Waals surface area contributed by atoms with Crippen LogP contribution >= 0.6 is 11.3 Å². The lowest BCUT2D eigenvalue weighted by Gasteiger charge is -2.05. The lowest BCUT2D eigenvalue weighted by molar-refractivity contribution is 0.343. The first-order valence-electron chi connectivity index (χ1n) is 6.14. The van der Waals surface area contributed by atoms with Crippen LogP contribution < -0.4 is 14.8 Å². The van der Waals surface area contributed by atoms with Gasteiger partial charge in [0.25, 0.3) is 0 Å². The molecular weight excluding hydrogens is 248 g/mol. The summed E-state index contributed by atoms with van der Waals surface area (Å²) in [5.41, 5.74) is 0.875. The Morgan fingerprint density at radius 1 is 1.28 bits per heavy atom. The zero-order chi connectivity index (χ0) is 13.0. The standard InChI is InChI=1S/C13H18N2O2S/c1-4-8-14-13-15-11-9(17-5-2)6-7-10(16-3)12(11)18-13/h6-7H,4-5,8H2,1-3H3,(H,14,15). The van der Waals surface area contributed by atoms with Crippen molar-refractivity contribution >= 4 is 26.7 Å². The van der Waals surface area contributed by atoms with E-state index in [0.717, 1.165) is 39.8 Å². The summed E-state index contributed by atoms with van der Waals surface area (Å²) in [5, 5.41) is 4.21. The molecule has 18 heavy (non-hydrogen) atoms. The largest absolute Gasteiger partial charge is 0.495 e. The molecule has 1 aromatic carbocycles. The number of fused-ring (bicyclic) bond motifs is 1. The van der Waals surface area contributed by atoms with Gasteiger partial charge in [0.1, 0.15) is 21.7 Å². The Labute approximate surface area is 111 Å². The van der Waals surface area contributed by atoms with Crippen LogP contribution in [-0.2, 0) is 0 Å². The molecule has 0 spiro atoms. The zero-order valence-electron chi connectivity index (χ0n) is 10.9. The van der Waals surface area contributed by atoms with Crippen molar-refractivity contribution in [3.05, 3.63) is 12.1 Å². The van der Waals surface area contributed by atoms with Crippen molar-refractivity contribution in [1.82, 2.24) is 4.98 Å². The van der Waals surface area contributed by atoms with Gasteiger partial charge >= 0.3 is 0 Å². The van der Waals surface area contributed by atoms with E-state index < -0.39 is 0 Å². The van der Waals surface area contributed by atoms with E-state index in [1.165, 1.54) is 0 Å². The molecule has 1 heterocycles. The number of rotatable bonds is 6. The molecule has 0 aliphatic carbocycles. The smallest absolute Gasteiger partial charge is 0.184 e. The summed E-state index contributed by atoms with van der Waals surface area (Å²) >= 11 is 1.60. The van der Waals surface area contributed by atoms with Crippen LogP contribution in [0.1, 0.15) is 20.3 Å². The summed E-state index contributed by atoms with van der Waals surface area (Å²) in [5.74, 6) is 1.66. The molecule has 0 bridgehead atoms. The predicted molar refractivity (Wildman–Crippen MR) is 76.1 cm³/mol. The number of methoxy groups -OCH3 is 1. The average Bonchev–Trinajstić information content (AvgIpc) is 2.81. The number of benzene rings is 1. The topological polar surface area (TPSA) is 43.4 Å². The van der Waals surface area contributed by atoms with Crippen molar-refractivity contribution in [2.24, 2.45) is 0 Å². The van der Waals surface area contributed by atoms with Gasteiger partial charge in [-0.1, -0.05) is 18.3 Å². The molecule has 5 heteroatoms. The zero-order valence-corrected chi connectivity index (χ0v) is 11.8. The minimum Gasteiger partial charge on any atom is -0.495 e. The van der Waals surface area contributed by atoms with Crippen molar-refractivity contribution < 1.29 is 9.47 Å². The Morgan fingerprint density at radius 2 is 2.06 bits per heavy atom. The number of aromatic nitrogens is 1. The predicted octanol–water partition coefficient (Wildman–Crippen LogP) is 3.53. The number of hydrogen-bond donors (Lipinski definition) is 1. The summed E-state index contributed by atoms with van der Waals surface area (Å²) in [6.07, 6.45) is 1.07.